The molecule has 4 rings (SSSR count). The predicted octanol–water partition coefficient (Wildman–Crippen LogP) is 2.06. The maximum absolute atomic E-state index is 12.8. The zero-order valence-electron chi connectivity index (χ0n) is 13.7. The lowest BCUT2D eigenvalue weighted by Gasteiger charge is -2.23. The molecule has 0 bridgehead atoms. The zero-order valence-corrected chi connectivity index (χ0v) is 14.5. The first-order chi connectivity index (χ1) is 11.2. The van der Waals surface area contributed by atoms with Crippen LogP contribution in [0.4, 0.5) is 5.69 Å². The Morgan fingerprint density at radius 3 is 2.50 bits per heavy atom. The molecule has 5 nitrogen and oxygen atoms in total. The molecule has 130 valence electrons. The molecule has 0 aliphatic carbocycles. The molecule has 3 aliphatic rings. The number of nitrogens with one attached hydrogen (secondary N) is 2. The summed E-state index contributed by atoms with van der Waals surface area (Å²) < 4.78 is 0. The molecule has 2 N–H and O–H groups in total. The van der Waals surface area contributed by atoms with Crippen LogP contribution in [0.5, 0.6) is 0 Å². The number of halogens is 1. The summed E-state index contributed by atoms with van der Waals surface area (Å²) in [6.07, 6.45) is 3.43. The van der Waals surface area contributed by atoms with Crippen LogP contribution >= 0.6 is 12.4 Å². The number of hydrogen-bond acceptors (Lipinski definition) is 3. The lowest BCUT2D eigenvalue weighted by molar-refractivity contribution is -0.116. The van der Waals surface area contributed by atoms with Gasteiger partial charge in [0.25, 0.3) is 5.91 Å². The van der Waals surface area contributed by atoms with Gasteiger partial charge in [-0.2, -0.15) is 0 Å². The molecular formula is C18H24ClN3O2. The average Bonchev–Trinajstić information content (AvgIpc) is 2.92. The number of anilines is 1. The van der Waals surface area contributed by atoms with E-state index in [0.717, 1.165) is 74.1 Å². The average molecular weight is 350 g/mol. The van der Waals surface area contributed by atoms with E-state index in [1.165, 1.54) is 0 Å². The lowest BCUT2D eigenvalue weighted by atomic mass is 9.92. The molecule has 0 saturated carbocycles. The fourth-order valence-corrected chi connectivity index (χ4v) is 4.12. The molecule has 1 aromatic rings. The van der Waals surface area contributed by atoms with Crippen molar-refractivity contribution in [3.05, 3.63) is 29.3 Å². The van der Waals surface area contributed by atoms with E-state index in [9.17, 15) is 9.59 Å². The van der Waals surface area contributed by atoms with Gasteiger partial charge in [-0.15, -0.1) is 12.4 Å². The largest absolute Gasteiger partial charge is 0.339 e. The van der Waals surface area contributed by atoms with Crippen LogP contribution in [0, 0.1) is 11.8 Å². The third-order valence-electron chi connectivity index (χ3n) is 5.55. The Labute approximate surface area is 148 Å². The van der Waals surface area contributed by atoms with E-state index >= 15 is 0 Å². The van der Waals surface area contributed by atoms with E-state index in [2.05, 4.69) is 10.6 Å². The summed E-state index contributed by atoms with van der Waals surface area (Å²) in [5, 5.41) is 6.34. The third-order valence-corrected chi connectivity index (χ3v) is 5.55. The highest BCUT2D eigenvalue weighted by molar-refractivity contribution is 5.98. The van der Waals surface area contributed by atoms with Crippen molar-refractivity contribution < 1.29 is 9.59 Å². The van der Waals surface area contributed by atoms with Crippen molar-refractivity contribution in [2.75, 3.05) is 31.5 Å². The van der Waals surface area contributed by atoms with Gasteiger partial charge in [0, 0.05) is 30.8 Å². The maximum atomic E-state index is 12.8. The summed E-state index contributed by atoms with van der Waals surface area (Å²) in [4.78, 5) is 26.3. The second kappa shape index (κ2) is 7.11. The molecule has 3 heterocycles. The van der Waals surface area contributed by atoms with E-state index in [0.29, 0.717) is 6.42 Å². The predicted molar refractivity (Wildman–Crippen MR) is 95.6 cm³/mol. The minimum Gasteiger partial charge on any atom is -0.339 e. The number of fused-ring (bicyclic) bond motifs is 2. The number of carbonyl (C=O) groups excluding carboxylic acids is 2. The van der Waals surface area contributed by atoms with Gasteiger partial charge in [-0.1, -0.05) is 0 Å². The van der Waals surface area contributed by atoms with Crippen LogP contribution in [0.25, 0.3) is 0 Å². The highest BCUT2D eigenvalue weighted by Crippen LogP contribution is 2.29. The van der Waals surface area contributed by atoms with Crippen molar-refractivity contribution >= 4 is 29.9 Å². The van der Waals surface area contributed by atoms with Gasteiger partial charge in [-0.3, -0.25) is 9.59 Å². The quantitative estimate of drug-likeness (QED) is 0.816. The Hall–Kier alpha value is -1.59. The second-order valence-electron chi connectivity index (χ2n) is 6.97. The summed E-state index contributed by atoms with van der Waals surface area (Å²) >= 11 is 0. The second-order valence-corrected chi connectivity index (χ2v) is 6.97. The molecule has 1 aromatic carbocycles. The number of likely N-dealkylation sites (tertiary alicyclic amines) is 1. The number of amides is 2. The Morgan fingerprint density at radius 1 is 1.08 bits per heavy atom. The highest BCUT2D eigenvalue weighted by atomic mass is 35.5. The molecule has 0 radical (unpaired) electrons. The number of aryl methyl sites for hydroxylation is 1. The van der Waals surface area contributed by atoms with Gasteiger partial charge in [-0.05, 0) is 68.0 Å². The van der Waals surface area contributed by atoms with E-state index < -0.39 is 0 Å². The smallest absolute Gasteiger partial charge is 0.253 e. The topological polar surface area (TPSA) is 61.4 Å². The van der Waals surface area contributed by atoms with Crippen molar-refractivity contribution in [1.29, 1.82) is 0 Å². The molecule has 24 heavy (non-hydrogen) atoms. The summed E-state index contributed by atoms with van der Waals surface area (Å²) in [7, 11) is 0. The van der Waals surface area contributed by atoms with Crippen molar-refractivity contribution in [2.24, 2.45) is 11.8 Å². The van der Waals surface area contributed by atoms with E-state index in [1.54, 1.807) is 0 Å². The van der Waals surface area contributed by atoms with Gasteiger partial charge >= 0.3 is 0 Å². The molecular weight excluding hydrogens is 326 g/mol. The minimum atomic E-state index is 0. The summed E-state index contributed by atoms with van der Waals surface area (Å²) in [5.41, 5.74) is 2.69. The van der Waals surface area contributed by atoms with Gasteiger partial charge in [0.05, 0.1) is 0 Å². The van der Waals surface area contributed by atoms with Gasteiger partial charge in [-0.25, -0.2) is 0 Å². The van der Waals surface area contributed by atoms with E-state index in [4.69, 9.17) is 0 Å². The first-order valence-electron chi connectivity index (χ1n) is 8.63. The van der Waals surface area contributed by atoms with E-state index in [1.807, 2.05) is 23.1 Å². The number of hydrogen-bond donors (Lipinski definition) is 2. The SMILES string of the molecule is Cl.O=C1CCc2cc(C(=O)N3CC[C@@H]4CNC[C@@H]4CC3)ccc2N1. The zero-order chi connectivity index (χ0) is 15.8. The summed E-state index contributed by atoms with van der Waals surface area (Å²) in [5.74, 6) is 1.65. The standard InChI is InChI=1S/C18H23N3O2.ClH/c22-17-4-2-12-9-13(1-3-16(12)20-17)18(23)21-7-5-14-10-19-11-15(14)6-8-21;/h1,3,9,14-15,19H,2,4-8,10-11H2,(H,20,22);1H/t14-,15+;. The number of nitrogens with zero attached hydrogens (tertiary/aromatic N) is 1. The summed E-state index contributed by atoms with van der Waals surface area (Å²) in [6.45, 7) is 3.92. The minimum absolute atomic E-state index is 0. The van der Waals surface area contributed by atoms with Crippen molar-refractivity contribution in [2.45, 2.75) is 25.7 Å². The van der Waals surface area contributed by atoms with Crippen LogP contribution in [-0.2, 0) is 11.2 Å². The lowest BCUT2D eigenvalue weighted by Crippen LogP contribution is -2.33. The Morgan fingerprint density at radius 2 is 1.79 bits per heavy atom. The molecule has 2 fully saturated rings. The first-order valence-corrected chi connectivity index (χ1v) is 8.63. The Kier molecular flexibility index (Phi) is 5.11. The monoisotopic (exact) mass is 349 g/mol. The summed E-state index contributed by atoms with van der Waals surface area (Å²) in [6, 6.07) is 5.68. The molecule has 2 amide bonds. The van der Waals surface area contributed by atoms with Crippen molar-refractivity contribution in [3.8, 4) is 0 Å². The fraction of sp³-hybridized carbons (Fsp3) is 0.556. The maximum Gasteiger partial charge on any atom is 0.253 e. The highest BCUT2D eigenvalue weighted by Gasteiger charge is 2.31. The molecule has 0 spiro atoms. The Bertz CT molecular complexity index is 635. The number of benzene rings is 1. The van der Waals surface area contributed by atoms with Gasteiger partial charge in [0.15, 0.2) is 0 Å². The van der Waals surface area contributed by atoms with Crippen molar-refractivity contribution in [3.63, 3.8) is 0 Å². The molecule has 0 aromatic heterocycles. The molecule has 6 heteroatoms. The fourth-order valence-electron chi connectivity index (χ4n) is 4.12. The van der Waals surface area contributed by atoms with Crippen LogP contribution in [-0.4, -0.2) is 42.9 Å². The molecule has 2 saturated heterocycles. The number of carbonyl (C=O) groups is 2. The van der Waals surface area contributed by atoms with Gasteiger partial charge < -0.3 is 15.5 Å². The van der Waals surface area contributed by atoms with Crippen LogP contribution in [0.1, 0.15) is 35.2 Å². The van der Waals surface area contributed by atoms with Crippen LogP contribution < -0.4 is 10.6 Å². The molecule has 3 aliphatic heterocycles. The normalized spacial score (nSPS) is 25.8. The van der Waals surface area contributed by atoms with Crippen molar-refractivity contribution in [1.82, 2.24) is 10.2 Å². The van der Waals surface area contributed by atoms with Crippen LogP contribution in [0.15, 0.2) is 18.2 Å². The van der Waals surface area contributed by atoms with Crippen LogP contribution in [0.3, 0.4) is 0 Å². The van der Waals surface area contributed by atoms with Crippen LogP contribution in [0.2, 0.25) is 0 Å². The van der Waals surface area contributed by atoms with Gasteiger partial charge in [0.2, 0.25) is 5.91 Å². The molecule has 0 unspecified atom stereocenters. The van der Waals surface area contributed by atoms with Gasteiger partial charge in [0.1, 0.15) is 0 Å². The number of rotatable bonds is 1. The first kappa shape index (κ1) is 17.2. The third kappa shape index (κ3) is 3.28. The Balaban J connectivity index is 0.00000169. The van der Waals surface area contributed by atoms with E-state index in [-0.39, 0.29) is 24.2 Å². The molecule has 2 atom stereocenters.